The van der Waals surface area contributed by atoms with Crippen molar-refractivity contribution in [2.24, 2.45) is 7.05 Å². The van der Waals surface area contributed by atoms with Crippen LogP contribution in [0.15, 0.2) is 16.9 Å². The Balaban J connectivity index is 3.49. The van der Waals surface area contributed by atoms with E-state index in [4.69, 9.17) is 5.41 Å². The van der Waals surface area contributed by atoms with Crippen molar-refractivity contribution < 1.29 is 0 Å². The summed E-state index contributed by atoms with van der Waals surface area (Å²) in [5.41, 5.74) is 1.22. The number of aromatic nitrogens is 1. The summed E-state index contributed by atoms with van der Waals surface area (Å²) in [7, 11) is 1.70. The van der Waals surface area contributed by atoms with Crippen molar-refractivity contribution in [3.05, 3.63) is 33.7 Å². The molecule has 0 saturated heterocycles. The van der Waals surface area contributed by atoms with Gasteiger partial charge < -0.3 is 9.98 Å². The molecule has 3 heteroatoms. The third-order valence-corrected chi connectivity index (χ3v) is 1.74. The minimum atomic E-state index is -0.111. The van der Waals surface area contributed by atoms with Gasteiger partial charge in [0, 0.05) is 19.0 Å². The fourth-order valence-corrected chi connectivity index (χ4v) is 0.857. The minimum absolute atomic E-state index is 0.111. The number of hydrogen-bond acceptors (Lipinski definition) is 2. The predicted molar refractivity (Wildman–Crippen MR) is 44.3 cm³/mol. The maximum absolute atomic E-state index is 11.2. The highest BCUT2D eigenvalue weighted by atomic mass is 16.1. The fraction of sp³-hybridized carbons (Fsp3) is 0.250. The molecule has 0 radical (unpaired) electrons. The molecule has 0 spiro atoms. The van der Waals surface area contributed by atoms with Gasteiger partial charge in [0.1, 0.15) is 0 Å². The summed E-state index contributed by atoms with van der Waals surface area (Å²) >= 11 is 0. The van der Waals surface area contributed by atoms with E-state index in [2.05, 4.69) is 0 Å². The monoisotopic (exact) mass is 150 g/mol. The molecule has 0 aliphatic carbocycles. The molecule has 0 bridgehead atoms. The van der Waals surface area contributed by atoms with Gasteiger partial charge in [-0.15, -0.1) is 0 Å². The Bertz CT molecular complexity index is 338. The first-order chi connectivity index (χ1) is 5.16. The molecule has 0 aliphatic heterocycles. The second-order valence-corrected chi connectivity index (χ2v) is 2.44. The van der Waals surface area contributed by atoms with Crippen LogP contribution in [0.5, 0.6) is 0 Å². The Morgan fingerprint density at radius 2 is 2.18 bits per heavy atom. The second-order valence-electron chi connectivity index (χ2n) is 2.44. The molecular formula is C8H10N2O. The Morgan fingerprint density at radius 3 is 2.73 bits per heavy atom. The molecule has 0 saturated carbocycles. The van der Waals surface area contributed by atoms with Crippen molar-refractivity contribution in [1.29, 1.82) is 5.41 Å². The zero-order chi connectivity index (χ0) is 8.43. The Hall–Kier alpha value is -1.38. The molecule has 58 valence electrons. The summed E-state index contributed by atoms with van der Waals surface area (Å²) in [6.07, 6.45) is 1.07. The quantitative estimate of drug-likeness (QED) is 0.588. The highest BCUT2D eigenvalue weighted by Crippen LogP contribution is 1.92. The van der Waals surface area contributed by atoms with Crippen LogP contribution in [-0.4, -0.2) is 10.8 Å². The van der Waals surface area contributed by atoms with Crippen LogP contribution in [0.1, 0.15) is 11.3 Å². The molecule has 0 amide bonds. The van der Waals surface area contributed by atoms with Gasteiger partial charge in [-0.3, -0.25) is 4.79 Å². The molecular weight excluding hydrogens is 140 g/mol. The zero-order valence-corrected chi connectivity index (χ0v) is 6.59. The first kappa shape index (κ1) is 7.72. The third kappa shape index (κ3) is 1.22. The van der Waals surface area contributed by atoms with Crippen molar-refractivity contribution >= 4 is 6.21 Å². The van der Waals surface area contributed by atoms with Crippen molar-refractivity contribution in [3.8, 4) is 0 Å². The van der Waals surface area contributed by atoms with Crippen LogP contribution < -0.4 is 5.56 Å². The normalized spacial score (nSPS) is 9.64. The SMILES string of the molecule is Cc1ccc(C=N)c(=O)n1C. The molecule has 0 aromatic carbocycles. The summed E-state index contributed by atoms with van der Waals surface area (Å²) in [6, 6.07) is 3.48. The first-order valence-corrected chi connectivity index (χ1v) is 3.34. The van der Waals surface area contributed by atoms with Gasteiger partial charge in [-0.2, -0.15) is 0 Å². The van der Waals surface area contributed by atoms with Gasteiger partial charge in [-0.05, 0) is 19.1 Å². The van der Waals surface area contributed by atoms with Crippen LogP contribution in [0.2, 0.25) is 0 Å². The van der Waals surface area contributed by atoms with E-state index in [0.717, 1.165) is 11.9 Å². The van der Waals surface area contributed by atoms with E-state index in [0.29, 0.717) is 5.56 Å². The summed E-state index contributed by atoms with van der Waals surface area (Å²) in [5.74, 6) is 0. The van der Waals surface area contributed by atoms with Crippen molar-refractivity contribution in [3.63, 3.8) is 0 Å². The lowest BCUT2D eigenvalue weighted by Gasteiger charge is -2.02. The Labute approximate surface area is 64.8 Å². The predicted octanol–water partition coefficient (Wildman–Crippen LogP) is 0.691. The topological polar surface area (TPSA) is 45.9 Å². The molecule has 1 heterocycles. The number of nitrogens with zero attached hydrogens (tertiary/aromatic N) is 1. The van der Waals surface area contributed by atoms with Gasteiger partial charge in [0.2, 0.25) is 0 Å². The average molecular weight is 150 g/mol. The molecule has 0 atom stereocenters. The lowest BCUT2D eigenvalue weighted by molar-refractivity contribution is 0.816. The largest absolute Gasteiger partial charge is 0.315 e. The maximum atomic E-state index is 11.2. The van der Waals surface area contributed by atoms with E-state index in [1.165, 1.54) is 4.57 Å². The van der Waals surface area contributed by atoms with Gasteiger partial charge in [-0.1, -0.05) is 0 Å². The molecule has 3 nitrogen and oxygen atoms in total. The molecule has 11 heavy (non-hydrogen) atoms. The molecule has 1 aromatic rings. The van der Waals surface area contributed by atoms with Gasteiger partial charge >= 0.3 is 0 Å². The smallest absolute Gasteiger partial charge is 0.259 e. The molecule has 0 unspecified atom stereocenters. The summed E-state index contributed by atoms with van der Waals surface area (Å²) in [4.78, 5) is 11.2. The van der Waals surface area contributed by atoms with Crippen molar-refractivity contribution in [2.75, 3.05) is 0 Å². The van der Waals surface area contributed by atoms with E-state index in [1.54, 1.807) is 13.1 Å². The maximum Gasteiger partial charge on any atom is 0.259 e. The first-order valence-electron chi connectivity index (χ1n) is 3.34. The van der Waals surface area contributed by atoms with Crippen LogP contribution in [-0.2, 0) is 7.05 Å². The van der Waals surface area contributed by atoms with Gasteiger partial charge in [0.15, 0.2) is 0 Å². The zero-order valence-electron chi connectivity index (χ0n) is 6.59. The highest BCUT2D eigenvalue weighted by molar-refractivity contribution is 5.76. The van der Waals surface area contributed by atoms with Crippen LogP contribution in [0.4, 0.5) is 0 Å². The van der Waals surface area contributed by atoms with Gasteiger partial charge in [0.25, 0.3) is 5.56 Å². The van der Waals surface area contributed by atoms with Crippen LogP contribution in [0.3, 0.4) is 0 Å². The number of hydrogen-bond donors (Lipinski definition) is 1. The standard InChI is InChI=1S/C8H10N2O/c1-6-3-4-7(5-9)8(11)10(6)2/h3-5,9H,1-2H3. The molecule has 1 aromatic heterocycles. The molecule has 0 fully saturated rings. The van der Waals surface area contributed by atoms with Crippen LogP contribution in [0.25, 0.3) is 0 Å². The third-order valence-electron chi connectivity index (χ3n) is 1.74. The molecule has 0 aliphatic rings. The van der Waals surface area contributed by atoms with E-state index < -0.39 is 0 Å². The van der Waals surface area contributed by atoms with Crippen molar-refractivity contribution in [2.45, 2.75) is 6.92 Å². The number of rotatable bonds is 1. The summed E-state index contributed by atoms with van der Waals surface area (Å²) in [6.45, 7) is 1.86. The number of nitrogens with one attached hydrogen (secondary N) is 1. The minimum Gasteiger partial charge on any atom is -0.315 e. The van der Waals surface area contributed by atoms with Gasteiger partial charge in [0.05, 0.1) is 5.56 Å². The lowest BCUT2D eigenvalue weighted by atomic mass is 10.2. The molecule has 1 N–H and O–H groups in total. The van der Waals surface area contributed by atoms with Crippen LogP contribution >= 0.6 is 0 Å². The number of aryl methyl sites for hydroxylation is 1. The van der Waals surface area contributed by atoms with Crippen LogP contribution in [0, 0.1) is 12.3 Å². The van der Waals surface area contributed by atoms with E-state index in [9.17, 15) is 4.79 Å². The highest BCUT2D eigenvalue weighted by Gasteiger charge is 1.98. The average Bonchev–Trinajstić information content (AvgIpc) is 2.01. The number of pyridine rings is 1. The van der Waals surface area contributed by atoms with Gasteiger partial charge in [-0.25, -0.2) is 0 Å². The Kier molecular flexibility index (Phi) is 1.89. The summed E-state index contributed by atoms with van der Waals surface area (Å²) in [5, 5.41) is 6.91. The van der Waals surface area contributed by atoms with E-state index in [1.807, 2.05) is 13.0 Å². The van der Waals surface area contributed by atoms with E-state index in [-0.39, 0.29) is 5.56 Å². The van der Waals surface area contributed by atoms with Crippen molar-refractivity contribution in [1.82, 2.24) is 4.57 Å². The lowest BCUT2D eigenvalue weighted by Crippen LogP contribution is -2.21. The summed E-state index contributed by atoms with van der Waals surface area (Å²) < 4.78 is 1.53. The van der Waals surface area contributed by atoms with E-state index >= 15 is 0 Å². The molecule has 1 rings (SSSR count). The Morgan fingerprint density at radius 1 is 1.55 bits per heavy atom. The fourth-order valence-electron chi connectivity index (χ4n) is 0.857. The second kappa shape index (κ2) is 2.70.